The Bertz CT molecular complexity index is 1260. The summed E-state index contributed by atoms with van der Waals surface area (Å²) in [6, 6.07) is 20.3. The minimum atomic E-state index is -0.372. The van der Waals surface area contributed by atoms with Crippen molar-refractivity contribution in [2.75, 3.05) is 20.8 Å². The Kier molecular flexibility index (Phi) is 5.16. The van der Waals surface area contributed by atoms with E-state index in [0.717, 1.165) is 16.3 Å². The smallest absolute Gasteiger partial charge is 0.344 e. The zero-order valence-electron chi connectivity index (χ0n) is 16.0. The first-order valence-corrected chi connectivity index (χ1v) is 9.02. The molecule has 1 aromatic heterocycles. The van der Waals surface area contributed by atoms with Crippen LogP contribution in [-0.4, -0.2) is 26.5 Å². The zero-order valence-corrected chi connectivity index (χ0v) is 16.0. The summed E-state index contributed by atoms with van der Waals surface area (Å²) in [5.74, 6) is 1.27. The van der Waals surface area contributed by atoms with Crippen LogP contribution in [0.2, 0.25) is 0 Å². The number of methoxy groups -OCH3 is 1. The Balaban J connectivity index is 1.64. The number of ether oxygens (including phenoxy) is 2. The summed E-state index contributed by atoms with van der Waals surface area (Å²) < 4.78 is 16.6. The molecule has 0 aliphatic rings. The minimum Gasteiger partial charge on any atom is -0.497 e. The van der Waals surface area contributed by atoms with Crippen LogP contribution >= 0.6 is 0 Å². The second-order valence-corrected chi connectivity index (χ2v) is 6.33. The van der Waals surface area contributed by atoms with Gasteiger partial charge in [0, 0.05) is 17.0 Å². The second-order valence-electron chi connectivity index (χ2n) is 6.33. The van der Waals surface area contributed by atoms with E-state index in [1.165, 1.54) is 7.11 Å². The van der Waals surface area contributed by atoms with E-state index >= 15 is 0 Å². The number of fused-ring (bicyclic) bond motifs is 3. The van der Waals surface area contributed by atoms with Crippen LogP contribution in [0.25, 0.3) is 21.7 Å². The van der Waals surface area contributed by atoms with E-state index in [2.05, 4.69) is 5.16 Å². The van der Waals surface area contributed by atoms with E-state index in [0.29, 0.717) is 28.2 Å². The fraction of sp³-hybridized carbons (Fsp3) is 0.130. The number of hydrogen-bond acceptors (Lipinski definition) is 6. The number of oxime groups is 1. The second kappa shape index (κ2) is 8.06. The number of nitrogens with zero attached hydrogens (tertiary/aromatic N) is 1. The summed E-state index contributed by atoms with van der Waals surface area (Å²) in [6.45, 7) is 0.171. The Labute approximate surface area is 166 Å². The fourth-order valence-corrected chi connectivity index (χ4v) is 3.18. The van der Waals surface area contributed by atoms with E-state index < -0.39 is 0 Å². The molecule has 0 saturated carbocycles. The molecule has 0 unspecified atom stereocenters. The molecule has 3 aromatic carbocycles. The van der Waals surface area contributed by atoms with Crippen LogP contribution in [0.15, 0.2) is 81.1 Å². The zero-order chi connectivity index (χ0) is 20.2. The molecule has 0 aliphatic heterocycles. The van der Waals surface area contributed by atoms with Crippen LogP contribution in [0.3, 0.4) is 0 Å². The van der Waals surface area contributed by atoms with Crippen molar-refractivity contribution in [3.8, 4) is 11.5 Å². The molecule has 0 atom stereocenters. The maximum Gasteiger partial charge on any atom is 0.344 e. The van der Waals surface area contributed by atoms with Crippen molar-refractivity contribution in [1.82, 2.24) is 0 Å². The Morgan fingerprint density at radius 2 is 1.72 bits per heavy atom. The highest BCUT2D eigenvalue weighted by atomic mass is 16.6. The molecule has 146 valence electrons. The van der Waals surface area contributed by atoms with Crippen LogP contribution in [-0.2, 0) is 4.84 Å². The maximum atomic E-state index is 12.2. The van der Waals surface area contributed by atoms with E-state index in [4.69, 9.17) is 18.7 Å². The van der Waals surface area contributed by atoms with Gasteiger partial charge in [0.2, 0.25) is 0 Å². The lowest BCUT2D eigenvalue weighted by Gasteiger charge is -2.11. The van der Waals surface area contributed by atoms with Crippen molar-refractivity contribution in [3.63, 3.8) is 0 Å². The summed E-state index contributed by atoms with van der Waals surface area (Å²) in [7, 11) is 3.09. The van der Waals surface area contributed by atoms with Gasteiger partial charge in [-0.1, -0.05) is 35.5 Å². The molecule has 0 N–H and O–H groups in total. The molecule has 0 radical (unpaired) electrons. The first-order chi connectivity index (χ1) is 14.2. The van der Waals surface area contributed by atoms with Crippen molar-refractivity contribution >= 4 is 27.5 Å². The first kappa shape index (κ1) is 18.6. The number of rotatable bonds is 6. The molecule has 0 bridgehead atoms. The molecule has 6 heteroatoms. The average molecular weight is 389 g/mol. The maximum absolute atomic E-state index is 12.2. The summed E-state index contributed by atoms with van der Waals surface area (Å²) >= 11 is 0. The van der Waals surface area contributed by atoms with Crippen LogP contribution in [0.5, 0.6) is 11.5 Å². The lowest BCUT2D eigenvalue weighted by molar-refractivity contribution is 0.210. The number of hydrogen-bond donors (Lipinski definition) is 0. The van der Waals surface area contributed by atoms with Gasteiger partial charge in [0.15, 0.2) is 0 Å². The van der Waals surface area contributed by atoms with Crippen molar-refractivity contribution < 1.29 is 18.7 Å². The third-order valence-corrected chi connectivity index (χ3v) is 4.57. The standard InChI is InChI=1S/C23H19NO5/c1-26-16-7-5-6-15(12-16)21(24-27-2)14-28-17-10-11-19-18-8-3-4-9-20(18)23(25)29-22(19)13-17/h3-13H,14H2,1-2H3/b24-21-. The van der Waals surface area contributed by atoms with Gasteiger partial charge in [-0.15, -0.1) is 0 Å². The van der Waals surface area contributed by atoms with Gasteiger partial charge in [-0.25, -0.2) is 4.79 Å². The van der Waals surface area contributed by atoms with E-state index in [9.17, 15) is 4.79 Å². The monoisotopic (exact) mass is 389 g/mol. The van der Waals surface area contributed by atoms with E-state index in [1.807, 2.05) is 54.6 Å². The molecule has 0 spiro atoms. The lowest BCUT2D eigenvalue weighted by atomic mass is 10.1. The average Bonchev–Trinajstić information content (AvgIpc) is 2.76. The van der Waals surface area contributed by atoms with Crippen LogP contribution in [0.4, 0.5) is 0 Å². The lowest BCUT2D eigenvalue weighted by Crippen LogP contribution is -2.13. The molecule has 0 fully saturated rings. The molecule has 29 heavy (non-hydrogen) atoms. The molecule has 0 aliphatic carbocycles. The van der Waals surface area contributed by atoms with Gasteiger partial charge in [0.25, 0.3) is 0 Å². The van der Waals surface area contributed by atoms with Gasteiger partial charge < -0.3 is 18.7 Å². The van der Waals surface area contributed by atoms with Crippen LogP contribution in [0, 0.1) is 0 Å². The third-order valence-electron chi connectivity index (χ3n) is 4.57. The van der Waals surface area contributed by atoms with E-state index in [-0.39, 0.29) is 12.2 Å². The van der Waals surface area contributed by atoms with Crippen LogP contribution in [0.1, 0.15) is 5.56 Å². The molecular formula is C23H19NO5. The summed E-state index contributed by atoms with van der Waals surface area (Å²) in [4.78, 5) is 17.2. The van der Waals surface area contributed by atoms with Crippen molar-refractivity contribution in [2.45, 2.75) is 0 Å². The Hall–Kier alpha value is -3.80. The molecule has 6 nitrogen and oxygen atoms in total. The largest absolute Gasteiger partial charge is 0.497 e. The topological polar surface area (TPSA) is 70.3 Å². The quantitative estimate of drug-likeness (QED) is 0.212. The van der Waals surface area contributed by atoms with Gasteiger partial charge in [0.1, 0.15) is 36.5 Å². The highest BCUT2D eigenvalue weighted by molar-refractivity contribution is 6.04. The molecule has 4 aromatic rings. The summed E-state index contributed by atoms with van der Waals surface area (Å²) in [5, 5.41) is 6.32. The normalized spacial score (nSPS) is 11.6. The molecule has 0 saturated heterocycles. The molecular weight excluding hydrogens is 370 g/mol. The third kappa shape index (κ3) is 3.78. The number of benzene rings is 3. The minimum absolute atomic E-state index is 0.171. The highest BCUT2D eigenvalue weighted by Gasteiger charge is 2.10. The Morgan fingerprint density at radius 1 is 0.897 bits per heavy atom. The molecule has 4 rings (SSSR count). The van der Waals surface area contributed by atoms with Crippen LogP contribution < -0.4 is 15.1 Å². The van der Waals surface area contributed by atoms with Gasteiger partial charge in [0.05, 0.1) is 12.5 Å². The summed E-state index contributed by atoms with van der Waals surface area (Å²) in [5.41, 5.74) is 1.53. The summed E-state index contributed by atoms with van der Waals surface area (Å²) in [6.07, 6.45) is 0. The SMILES string of the molecule is CO/N=C(/COc1ccc2c(c1)oc(=O)c1ccccc12)c1cccc(OC)c1. The molecule has 1 heterocycles. The van der Waals surface area contributed by atoms with E-state index in [1.54, 1.807) is 19.2 Å². The fourth-order valence-electron chi connectivity index (χ4n) is 3.18. The van der Waals surface area contributed by atoms with Crippen molar-refractivity contribution in [3.05, 3.63) is 82.7 Å². The van der Waals surface area contributed by atoms with Gasteiger partial charge in [-0.2, -0.15) is 0 Å². The predicted molar refractivity (Wildman–Crippen MR) is 112 cm³/mol. The highest BCUT2D eigenvalue weighted by Crippen LogP contribution is 2.26. The van der Waals surface area contributed by atoms with Gasteiger partial charge >= 0.3 is 5.63 Å². The first-order valence-electron chi connectivity index (χ1n) is 9.02. The molecule has 0 amide bonds. The van der Waals surface area contributed by atoms with Gasteiger partial charge in [-0.3, -0.25) is 0 Å². The van der Waals surface area contributed by atoms with Crippen molar-refractivity contribution in [2.24, 2.45) is 5.16 Å². The predicted octanol–water partition coefficient (Wildman–Crippen LogP) is 4.38. The van der Waals surface area contributed by atoms with Gasteiger partial charge in [-0.05, 0) is 35.7 Å². The Morgan fingerprint density at radius 3 is 2.52 bits per heavy atom. The van der Waals surface area contributed by atoms with Crippen molar-refractivity contribution in [1.29, 1.82) is 0 Å².